The molecule has 10 heteroatoms. The van der Waals surface area contributed by atoms with E-state index < -0.39 is 6.67 Å². The topological polar surface area (TPSA) is 83.1 Å². The monoisotopic (exact) mass is 604 g/mol. The number of aryl methyl sites for hydroxylation is 1. The van der Waals surface area contributed by atoms with Crippen LogP contribution in [0.4, 0.5) is 4.39 Å². The first-order chi connectivity index (χ1) is 20.9. The third kappa shape index (κ3) is 27.5. The molecule has 0 aliphatic rings. The molecule has 246 valence electrons. The van der Waals surface area contributed by atoms with Gasteiger partial charge >= 0.3 is 0 Å². The first kappa shape index (κ1) is 38.7. The molecule has 0 spiro atoms. The molecule has 0 saturated carbocycles. The minimum Gasteiger partial charge on any atom is -0.491 e. The van der Waals surface area contributed by atoms with Crippen LogP contribution in [0.5, 0.6) is 5.75 Å². The molecule has 1 aromatic carbocycles. The minimum absolute atomic E-state index is 0.118. The number of rotatable bonds is 34. The lowest BCUT2D eigenvalue weighted by Gasteiger charge is -2.09. The van der Waals surface area contributed by atoms with Gasteiger partial charge in [-0.3, -0.25) is 0 Å². The normalized spacial score (nSPS) is 11.4. The predicted octanol–water partition coefficient (Wildman–Crippen LogP) is 5.07. The summed E-state index contributed by atoms with van der Waals surface area (Å²) in [7, 11) is 0. The molecule has 42 heavy (non-hydrogen) atoms. The number of hydrogen-bond donors (Lipinski definition) is 0. The zero-order chi connectivity index (χ0) is 30.0. The van der Waals surface area contributed by atoms with Crippen molar-refractivity contribution in [2.75, 3.05) is 119 Å². The second kappa shape index (κ2) is 32.5. The van der Waals surface area contributed by atoms with Crippen molar-refractivity contribution in [3.8, 4) is 5.75 Å². The lowest BCUT2D eigenvalue weighted by Crippen LogP contribution is -2.15. The van der Waals surface area contributed by atoms with Gasteiger partial charge in [0.05, 0.1) is 106 Å². The van der Waals surface area contributed by atoms with Crippen LogP contribution in [0.2, 0.25) is 0 Å². The van der Waals surface area contributed by atoms with E-state index in [-0.39, 0.29) is 6.61 Å². The SMILES string of the molecule is CCCCCCCCc1ccc(OCCOCCOCCOCCOCCOCCOCCOCCOCCF)cc1. The summed E-state index contributed by atoms with van der Waals surface area (Å²) in [5.41, 5.74) is 1.38. The Morgan fingerprint density at radius 2 is 0.786 bits per heavy atom. The van der Waals surface area contributed by atoms with Crippen LogP contribution in [-0.2, 0) is 44.3 Å². The molecule has 0 atom stereocenters. The van der Waals surface area contributed by atoms with Crippen LogP contribution in [0, 0.1) is 0 Å². The van der Waals surface area contributed by atoms with E-state index in [9.17, 15) is 4.39 Å². The standard InChI is InChI=1S/C32H57FO9/c1-2-3-4-5-6-7-8-31-9-11-32(12-10-31)42-30-29-41-28-27-40-26-25-39-24-23-38-22-21-37-20-19-36-18-17-35-16-15-34-14-13-33/h9-12H,2-8,13-30H2,1H3. The Hall–Kier alpha value is -1.37. The maximum atomic E-state index is 11.8. The third-order valence-electron chi connectivity index (χ3n) is 6.06. The molecule has 0 aliphatic heterocycles. The Balaban J connectivity index is 1.73. The van der Waals surface area contributed by atoms with Crippen molar-refractivity contribution in [2.24, 2.45) is 0 Å². The average Bonchev–Trinajstić information content (AvgIpc) is 3.01. The van der Waals surface area contributed by atoms with Crippen molar-refractivity contribution < 1.29 is 47.0 Å². The molecule has 0 unspecified atom stereocenters. The molecular formula is C32H57FO9. The molecule has 0 N–H and O–H groups in total. The predicted molar refractivity (Wildman–Crippen MR) is 162 cm³/mol. The summed E-state index contributed by atoms with van der Waals surface area (Å²) in [5, 5.41) is 0. The first-order valence-electron chi connectivity index (χ1n) is 15.8. The molecule has 1 rings (SSSR count). The van der Waals surface area contributed by atoms with Gasteiger partial charge in [0.15, 0.2) is 0 Å². The Bertz CT molecular complexity index is 651. The summed E-state index contributed by atoms with van der Waals surface area (Å²) in [5.74, 6) is 0.883. The summed E-state index contributed by atoms with van der Waals surface area (Å²) < 4.78 is 60.7. The van der Waals surface area contributed by atoms with Crippen molar-refractivity contribution in [1.29, 1.82) is 0 Å². The van der Waals surface area contributed by atoms with Crippen LogP contribution in [-0.4, -0.2) is 119 Å². The molecule has 1 aromatic rings. The number of hydrogen-bond acceptors (Lipinski definition) is 9. The highest BCUT2D eigenvalue weighted by Crippen LogP contribution is 2.15. The van der Waals surface area contributed by atoms with Crippen LogP contribution >= 0.6 is 0 Å². The maximum Gasteiger partial charge on any atom is 0.119 e. The molecule has 0 amide bonds. The van der Waals surface area contributed by atoms with Gasteiger partial charge in [-0.2, -0.15) is 0 Å². The highest BCUT2D eigenvalue weighted by molar-refractivity contribution is 5.27. The number of alkyl halides is 1. The minimum atomic E-state index is -0.470. The van der Waals surface area contributed by atoms with Gasteiger partial charge in [-0.15, -0.1) is 0 Å². The second-order valence-corrected chi connectivity index (χ2v) is 9.60. The highest BCUT2D eigenvalue weighted by Gasteiger charge is 1.99. The number of ether oxygens (including phenoxy) is 9. The Labute approximate surface area is 253 Å². The number of benzene rings is 1. The quantitative estimate of drug-likeness (QED) is 0.100. The molecule has 0 aliphatic carbocycles. The van der Waals surface area contributed by atoms with E-state index in [0.29, 0.717) is 106 Å². The third-order valence-corrected chi connectivity index (χ3v) is 6.06. The van der Waals surface area contributed by atoms with Gasteiger partial charge in [-0.1, -0.05) is 51.2 Å². The van der Waals surface area contributed by atoms with Gasteiger partial charge in [0.25, 0.3) is 0 Å². The fraction of sp³-hybridized carbons (Fsp3) is 0.812. The number of halogens is 1. The maximum absolute atomic E-state index is 11.8. The van der Waals surface area contributed by atoms with Crippen LogP contribution < -0.4 is 4.74 Å². The van der Waals surface area contributed by atoms with Crippen LogP contribution in [0.3, 0.4) is 0 Å². The molecule has 0 heterocycles. The molecule has 0 aromatic heterocycles. The van der Waals surface area contributed by atoms with E-state index in [1.54, 1.807) is 0 Å². The fourth-order valence-electron chi connectivity index (χ4n) is 3.78. The van der Waals surface area contributed by atoms with Crippen LogP contribution in [0.1, 0.15) is 51.0 Å². The van der Waals surface area contributed by atoms with Crippen LogP contribution in [0.25, 0.3) is 0 Å². The summed E-state index contributed by atoms with van der Waals surface area (Å²) in [4.78, 5) is 0. The van der Waals surface area contributed by atoms with E-state index in [1.807, 2.05) is 12.1 Å². The molecule has 9 nitrogen and oxygen atoms in total. The van der Waals surface area contributed by atoms with Crippen molar-refractivity contribution in [2.45, 2.75) is 51.9 Å². The lowest BCUT2D eigenvalue weighted by molar-refractivity contribution is -0.0238. The van der Waals surface area contributed by atoms with E-state index in [2.05, 4.69) is 19.1 Å². The van der Waals surface area contributed by atoms with E-state index in [0.717, 1.165) is 12.2 Å². The van der Waals surface area contributed by atoms with Crippen LogP contribution in [0.15, 0.2) is 24.3 Å². The molecule has 0 bridgehead atoms. The van der Waals surface area contributed by atoms with Gasteiger partial charge in [-0.05, 0) is 30.5 Å². The van der Waals surface area contributed by atoms with E-state index in [1.165, 1.54) is 44.1 Å². The second-order valence-electron chi connectivity index (χ2n) is 9.60. The van der Waals surface area contributed by atoms with Crippen molar-refractivity contribution >= 4 is 0 Å². The van der Waals surface area contributed by atoms with Gasteiger partial charge in [-0.25, -0.2) is 4.39 Å². The molecular weight excluding hydrogens is 547 g/mol. The van der Waals surface area contributed by atoms with Gasteiger partial charge < -0.3 is 42.6 Å². The van der Waals surface area contributed by atoms with Gasteiger partial charge in [0.2, 0.25) is 0 Å². The summed E-state index contributed by atoms with van der Waals surface area (Å²) >= 11 is 0. The smallest absolute Gasteiger partial charge is 0.119 e. The van der Waals surface area contributed by atoms with Crippen molar-refractivity contribution in [3.63, 3.8) is 0 Å². The molecule has 0 fully saturated rings. The van der Waals surface area contributed by atoms with Crippen molar-refractivity contribution in [1.82, 2.24) is 0 Å². The molecule has 0 saturated heterocycles. The largest absolute Gasteiger partial charge is 0.491 e. The zero-order valence-corrected chi connectivity index (χ0v) is 26.0. The van der Waals surface area contributed by atoms with Gasteiger partial charge in [0, 0.05) is 0 Å². The number of unbranched alkanes of at least 4 members (excludes halogenated alkanes) is 5. The lowest BCUT2D eigenvalue weighted by atomic mass is 10.0. The van der Waals surface area contributed by atoms with E-state index in [4.69, 9.17) is 42.6 Å². The Morgan fingerprint density at radius 3 is 1.19 bits per heavy atom. The first-order valence-corrected chi connectivity index (χ1v) is 15.8. The average molecular weight is 605 g/mol. The zero-order valence-electron chi connectivity index (χ0n) is 26.0. The Kier molecular flexibility index (Phi) is 29.9. The fourth-order valence-corrected chi connectivity index (χ4v) is 3.78. The van der Waals surface area contributed by atoms with Gasteiger partial charge in [0.1, 0.15) is 19.0 Å². The summed E-state index contributed by atoms with van der Waals surface area (Å²) in [6, 6.07) is 8.42. The summed E-state index contributed by atoms with van der Waals surface area (Å²) in [6.07, 6.45) is 9.09. The van der Waals surface area contributed by atoms with Crippen molar-refractivity contribution in [3.05, 3.63) is 29.8 Å². The Morgan fingerprint density at radius 1 is 0.429 bits per heavy atom. The summed E-state index contributed by atoms with van der Waals surface area (Å²) in [6.45, 7) is 9.88. The highest BCUT2D eigenvalue weighted by atomic mass is 19.1. The molecule has 0 radical (unpaired) electrons. The van der Waals surface area contributed by atoms with E-state index >= 15 is 0 Å².